The van der Waals surface area contributed by atoms with Gasteiger partial charge >= 0.3 is 0 Å². The van der Waals surface area contributed by atoms with Gasteiger partial charge in [-0.15, -0.1) is 0 Å². The van der Waals surface area contributed by atoms with Crippen LogP contribution in [-0.2, 0) is 0 Å². The number of nitrogens with zero attached hydrogens (tertiary/aromatic N) is 2. The summed E-state index contributed by atoms with van der Waals surface area (Å²) < 4.78 is 4.71. The first-order valence-corrected chi connectivity index (χ1v) is 4.46. The van der Waals surface area contributed by atoms with E-state index in [9.17, 15) is 0 Å². The molecule has 2 aromatic heterocycles. The van der Waals surface area contributed by atoms with E-state index >= 15 is 0 Å². The van der Waals surface area contributed by atoms with Crippen LogP contribution in [0.15, 0.2) is 22.9 Å². The van der Waals surface area contributed by atoms with E-state index in [0.29, 0.717) is 21.4 Å². The molecule has 72 valence electrons. The van der Waals surface area contributed by atoms with Crippen molar-refractivity contribution in [3.63, 3.8) is 0 Å². The molecule has 2 heterocycles. The third-order valence-electron chi connectivity index (χ3n) is 1.62. The van der Waals surface area contributed by atoms with Gasteiger partial charge in [0.15, 0.2) is 0 Å². The van der Waals surface area contributed by atoms with Crippen LogP contribution in [0.2, 0.25) is 10.2 Å². The Labute approximate surface area is 89.6 Å². The van der Waals surface area contributed by atoms with Crippen LogP contribution in [0.25, 0.3) is 11.3 Å². The Morgan fingerprint density at radius 1 is 1.29 bits per heavy atom. The fraction of sp³-hybridized carbons (Fsp3) is 0. The summed E-state index contributed by atoms with van der Waals surface area (Å²) in [6.07, 6.45) is 1.52. The van der Waals surface area contributed by atoms with E-state index in [1.165, 1.54) is 12.3 Å². The van der Waals surface area contributed by atoms with E-state index in [1.54, 1.807) is 6.07 Å². The molecule has 0 saturated heterocycles. The smallest absolute Gasteiger partial charge is 0.222 e. The van der Waals surface area contributed by atoms with Crippen molar-refractivity contribution in [3.8, 4) is 11.3 Å². The van der Waals surface area contributed by atoms with Crippen LogP contribution in [-0.4, -0.2) is 10.1 Å². The number of hydrogen-bond acceptors (Lipinski definition) is 4. The number of nitrogens with two attached hydrogens (primary N) is 1. The number of pyridine rings is 1. The van der Waals surface area contributed by atoms with Crippen molar-refractivity contribution in [1.29, 1.82) is 0 Å². The van der Waals surface area contributed by atoms with Crippen molar-refractivity contribution in [1.82, 2.24) is 10.1 Å². The molecule has 2 aromatic rings. The van der Waals surface area contributed by atoms with Gasteiger partial charge in [-0.25, -0.2) is 4.98 Å². The van der Waals surface area contributed by atoms with Crippen molar-refractivity contribution >= 4 is 29.1 Å². The summed E-state index contributed by atoms with van der Waals surface area (Å²) in [5.74, 6) is 0.228. The average Bonchev–Trinajstić information content (AvgIpc) is 2.51. The summed E-state index contributed by atoms with van der Waals surface area (Å²) in [7, 11) is 0. The molecule has 0 fully saturated rings. The molecule has 0 aromatic carbocycles. The summed E-state index contributed by atoms with van der Waals surface area (Å²) in [4.78, 5) is 3.88. The van der Waals surface area contributed by atoms with Crippen molar-refractivity contribution in [2.45, 2.75) is 0 Å². The molecule has 0 unspecified atom stereocenters. The van der Waals surface area contributed by atoms with Crippen molar-refractivity contribution in [3.05, 3.63) is 28.5 Å². The second-order valence-electron chi connectivity index (χ2n) is 2.60. The molecular weight excluding hydrogens is 225 g/mol. The second-order valence-corrected chi connectivity index (χ2v) is 3.40. The minimum Gasteiger partial charge on any atom is -0.368 e. The standard InChI is InChI=1S/C8H5Cl2N3O/c9-5-1-7(10)12-3-4(5)6-2-8(11)14-13-6/h1-3H,11H2. The van der Waals surface area contributed by atoms with Crippen molar-refractivity contribution < 1.29 is 4.52 Å². The highest BCUT2D eigenvalue weighted by atomic mass is 35.5. The maximum Gasteiger partial charge on any atom is 0.222 e. The molecule has 0 amide bonds. The zero-order valence-corrected chi connectivity index (χ0v) is 8.38. The molecule has 0 aliphatic rings. The van der Waals surface area contributed by atoms with Crippen LogP contribution >= 0.6 is 23.2 Å². The third-order valence-corrected chi connectivity index (χ3v) is 2.14. The molecule has 14 heavy (non-hydrogen) atoms. The topological polar surface area (TPSA) is 64.9 Å². The Hall–Kier alpha value is -1.26. The first-order valence-electron chi connectivity index (χ1n) is 3.70. The molecule has 0 radical (unpaired) electrons. The van der Waals surface area contributed by atoms with Gasteiger partial charge in [-0.05, 0) is 6.07 Å². The Morgan fingerprint density at radius 3 is 2.64 bits per heavy atom. The minimum absolute atomic E-state index is 0.228. The molecule has 2 N–H and O–H groups in total. The zero-order valence-electron chi connectivity index (χ0n) is 6.87. The molecular formula is C8H5Cl2N3O. The molecule has 6 heteroatoms. The lowest BCUT2D eigenvalue weighted by Gasteiger charge is -1.98. The highest BCUT2D eigenvalue weighted by Crippen LogP contribution is 2.28. The quantitative estimate of drug-likeness (QED) is 0.764. The van der Waals surface area contributed by atoms with Gasteiger partial charge in [0.2, 0.25) is 5.88 Å². The summed E-state index contributed by atoms with van der Waals surface area (Å²) in [5, 5.41) is 4.49. The Morgan fingerprint density at radius 2 is 2.07 bits per heavy atom. The first-order chi connectivity index (χ1) is 6.66. The minimum atomic E-state index is 0.228. The van der Waals surface area contributed by atoms with Gasteiger partial charge in [0.25, 0.3) is 0 Å². The monoisotopic (exact) mass is 229 g/mol. The fourth-order valence-corrected chi connectivity index (χ4v) is 1.47. The van der Waals surface area contributed by atoms with Gasteiger partial charge < -0.3 is 10.3 Å². The van der Waals surface area contributed by atoms with E-state index in [-0.39, 0.29) is 5.88 Å². The van der Waals surface area contributed by atoms with Crippen molar-refractivity contribution in [2.24, 2.45) is 0 Å². The number of rotatable bonds is 1. The molecule has 4 nitrogen and oxygen atoms in total. The predicted octanol–water partition coefficient (Wildman–Crippen LogP) is 2.63. The van der Waals surface area contributed by atoms with E-state index in [2.05, 4.69) is 10.1 Å². The van der Waals surface area contributed by atoms with Gasteiger partial charge in [-0.3, -0.25) is 0 Å². The Balaban J connectivity index is 2.52. The average molecular weight is 230 g/mol. The van der Waals surface area contributed by atoms with Crippen LogP contribution in [0.4, 0.5) is 5.88 Å². The summed E-state index contributed by atoms with van der Waals surface area (Å²) >= 11 is 11.6. The number of aromatic nitrogens is 2. The maximum atomic E-state index is 5.93. The number of nitrogen functional groups attached to an aromatic ring is 1. The third kappa shape index (κ3) is 1.66. The number of anilines is 1. The largest absolute Gasteiger partial charge is 0.368 e. The van der Waals surface area contributed by atoms with E-state index in [1.807, 2.05) is 0 Å². The summed E-state index contributed by atoms with van der Waals surface area (Å²) in [6, 6.07) is 3.10. The molecule has 2 rings (SSSR count). The first kappa shape index (κ1) is 9.30. The SMILES string of the molecule is Nc1cc(-c2cnc(Cl)cc2Cl)no1. The lowest BCUT2D eigenvalue weighted by atomic mass is 10.2. The van der Waals surface area contributed by atoms with Crippen LogP contribution in [0.5, 0.6) is 0 Å². The van der Waals surface area contributed by atoms with Gasteiger partial charge in [-0.2, -0.15) is 0 Å². The fourth-order valence-electron chi connectivity index (χ4n) is 1.01. The van der Waals surface area contributed by atoms with Gasteiger partial charge in [-0.1, -0.05) is 28.4 Å². The van der Waals surface area contributed by atoms with Gasteiger partial charge in [0.1, 0.15) is 10.8 Å². The molecule has 0 bridgehead atoms. The Bertz CT molecular complexity index is 469. The molecule has 0 aliphatic heterocycles. The predicted molar refractivity (Wildman–Crippen MR) is 54.2 cm³/mol. The van der Waals surface area contributed by atoms with E-state index < -0.39 is 0 Å². The van der Waals surface area contributed by atoms with Crippen LogP contribution < -0.4 is 5.73 Å². The second kappa shape index (κ2) is 3.48. The summed E-state index contributed by atoms with van der Waals surface area (Å²) in [5.41, 5.74) is 6.55. The van der Waals surface area contributed by atoms with Gasteiger partial charge in [0.05, 0.1) is 5.02 Å². The lowest BCUT2D eigenvalue weighted by molar-refractivity contribution is 0.439. The van der Waals surface area contributed by atoms with Crippen LogP contribution in [0, 0.1) is 0 Å². The molecule has 0 aliphatic carbocycles. The van der Waals surface area contributed by atoms with Gasteiger partial charge in [0, 0.05) is 17.8 Å². The normalized spacial score (nSPS) is 10.4. The summed E-state index contributed by atoms with van der Waals surface area (Å²) in [6.45, 7) is 0. The maximum absolute atomic E-state index is 5.93. The lowest BCUT2D eigenvalue weighted by Crippen LogP contribution is -1.82. The van der Waals surface area contributed by atoms with Crippen molar-refractivity contribution in [2.75, 3.05) is 5.73 Å². The van der Waals surface area contributed by atoms with Crippen LogP contribution in [0.1, 0.15) is 0 Å². The highest BCUT2D eigenvalue weighted by molar-refractivity contribution is 6.35. The highest BCUT2D eigenvalue weighted by Gasteiger charge is 2.09. The van der Waals surface area contributed by atoms with E-state index in [4.69, 9.17) is 33.5 Å². The number of halogens is 2. The molecule has 0 spiro atoms. The van der Waals surface area contributed by atoms with Crippen LogP contribution in [0.3, 0.4) is 0 Å². The number of hydrogen-bond donors (Lipinski definition) is 1. The zero-order chi connectivity index (χ0) is 10.1. The Kier molecular flexibility index (Phi) is 2.31. The molecule has 0 atom stereocenters. The molecule has 0 saturated carbocycles. The van der Waals surface area contributed by atoms with E-state index in [0.717, 1.165) is 0 Å².